The van der Waals surface area contributed by atoms with Gasteiger partial charge in [0, 0.05) is 0 Å². The van der Waals surface area contributed by atoms with E-state index in [9.17, 15) is 9.59 Å². The molecule has 0 unspecified atom stereocenters. The normalized spacial score (nSPS) is 11.1. The van der Waals surface area contributed by atoms with E-state index >= 15 is 0 Å². The van der Waals surface area contributed by atoms with E-state index in [0.717, 1.165) is 11.1 Å². The number of halogens is 1. The number of hydrogen-bond donors (Lipinski definition) is 2. The van der Waals surface area contributed by atoms with Gasteiger partial charge < -0.3 is 10.2 Å². The Morgan fingerprint density at radius 1 is 0.810 bits per heavy atom. The minimum Gasteiger partial charge on any atom is -0.478 e. The van der Waals surface area contributed by atoms with Gasteiger partial charge in [-0.15, -0.1) is 0 Å². The molecular weight excluding hydrogens is 383 g/mol. The van der Waals surface area contributed by atoms with Crippen LogP contribution < -0.4 is 0 Å². The molecule has 0 aliphatic rings. The monoisotopic (exact) mass is 396 g/mol. The fourth-order valence-corrected chi connectivity index (χ4v) is 2.74. The molecule has 0 heterocycles. The highest BCUT2D eigenvalue weighted by molar-refractivity contribution is 14.1. The quantitative estimate of drug-likeness (QED) is 0.610. The van der Waals surface area contributed by atoms with E-state index in [2.05, 4.69) is 22.6 Å². The number of rotatable bonds is 4. The van der Waals surface area contributed by atoms with Gasteiger partial charge in [0.1, 0.15) is 0 Å². The molecule has 4 nitrogen and oxygen atoms in total. The fourth-order valence-electron chi connectivity index (χ4n) is 2.02. The number of carboxylic acids is 2. The van der Waals surface area contributed by atoms with Crippen molar-refractivity contribution < 1.29 is 19.8 Å². The van der Waals surface area contributed by atoms with Crippen LogP contribution in [0.4, 0.5) is 0 Å². The van der Waals surface area contributed by atoms with Crippen molar-refractivity contribution in [2.24, 2.45) is 0 Å². The first kappa shape index (κ1) is 15.5. The molecule has 21 heavy (non-hydrogen) atoms. The van der Waals surface area contributed by atoms with Crippen molar-refractivity contribution in [3.63, 3.8) is 0 Å². The topological polar surface area (TPSA) is 74.6 Å². The van der Waals surface area contributed by atoms with Crippen molar-refractivity contribution in [3.05, 3.63) is 70.8 Å². The van der Waals surface area contributed by atoms with Gasteiger partial charge in [-0.3, -0.25) is 0 Å². The summed E-state index contributed by atoms with van der Waals surface area (Å²) >= 11 is 2.27. The van der Waals surface area contributed by atoms with Gasteiger partial charge in [-0.1, -0.05) is 46.9 Å². The standard InChI is InChI=1S/C16H13IO4/c1-16(17,12-6-2-10(3-7-12)14(18)19)13-8-4-11(5-9-13)15(20)21/h2-9H,1H3,(H,18,19)(H,20,21). The van der Waals surface area contributed by atoms with E-state index in [-0.39, 0.29) is 14.5 Å². The maximum Gasteiger partial charge on any atom is 0.335 e. The van der Waals surface area contributed by atoms with Crippen LogP contribution in [0.15, 0.2) is 48.5 Å². The first-order valence-corrected chi connectivity index (χ1v) is 7.27. The Bertz CT molecular complexity index is 613. The smallest absolute Gasteiger partial charge is 0.335 e. The SMILES string of the molecule is CC(I)(c1ccc(C(=O)O)cc1)c1ccc(C(=O)O)cc1. The molecule has 0 aliphatic heterocycles. The number of hydrogen-bond acceptors (Lipinski definition) is 2. The number of carboxylic acid groups (broad SMARTS) is 2. The van der Waals surface area contributed by atoms with Crippen LogP contribution in [0.5, 0.6) is 0 Å². The molecule has 2 N–H and O–H groups in total. The number of alkyl halides is 1. The summed E-state index contributed by atoms with van der Waals surface area (Å²) in [6.45, 7) is 2.00. The van der Waals surface area contributed by atoms with Crippen LogP contribution in [0.3, 0.4) is 0 Å². The van der Waals surface area contributed by atoms with Crippen LogP contribution >= 0.6 is 22.6 Å². The average Bonchev–Trinajstić information content (AvgIpc) is 2.47. The van der Waals surface area contributed by atoms with Crippen molar-refractivity contribution in [1.29, 1.82) is 0 Å². The zero-order valence-electron chi connectivity index (χ0n) is 11.2. The maximum atomic E-state index is 10.9. The molecule has 0 fully saturated rings. The van der Waals surface area contributed by atoms with Gasteiger partial charge in [0.25, 0.3) is 0 Å². The first-order valence-electron chi connectivity index (χ1n) is 6.19. The van der Waals surface area contributed by atoms with Crippen LogP contribution in [0.25, 0.3) is 0 Å². The summed E-state index contributed by atoms with van der Waals surface area (Å²) in [5.74, 6) is -1.91. The lowest BCUT2D eigenvalue weighted by atomic mass is 9.92. The molecular formula is C16H13IO4. The lowest BCUT2D eigenvalue weighted by molar-refractivity contribution is 0.0686. The molecule has 2 aromatic rings. The zero-order chi connectivity index (χ0) is 15.6. The second kappa shape index (κ2) is 5.85. The molecule has 0 radical (unpaired) electrons. The molecule has 5 heteroatoms. The molecule has 0 spiro atoms. The third-order valence-corrected chi connectivity index (χ3v) is 4.59. The van der Waals surface area contributed by atoms with Crippen LogP contribution in [-0.4, -0.2) is 22.2 Å². The zero-order valence-corrected chi connectivity index (χ0v) is 13.4. The van der Waals surface area contributed by atoms with Gasteiger partial charge in [-0.2, -0.15) is 0 Å². The summed E-state index contributed by atoms with van der Waals surface area (Å²) in [5.41, 5.74) is 2.40. The van der Waals surface area contributed by atoms with E-state index in [1.807, 2.05) is 6.92 Å². The number of aromatic carboxylic acids is 2. The number of benzene rings is 2. The average molecular weight is 396 g/mol. The second-order valence-corrected chi connectivity index (χ2v) is 6.93. The van der Waals surface area contributed by atoms with E-state index in [4.69, 9.17) is 10.2 Å². The summed E-state index contributed by atoms with van der Waals surface area (Å²) in [5, 5.41) is 17.8. The van der Waals surface area contributed by atoms with Crippen molar-refractivity contribution in [2.45, 2.75) is 10.3 Å². The van der Waals surface area contributed by atoms with Gasteiger partial charge in [0.15, 0.2) is 0 Å². The Morgan fingerprint density at radius 3 is 1.33 bits per heavy atom. The van der Waals surface area contributed by atoms with Gasteiger partial charge in [-0.25, -0.2) is 9.59 Å². The van der Waals surface area contributed by atoms with Crippen molar-refractivity contribution >= 4 is 34.5 Å². The van der Waals surface area contributed by atoms with E-state index in [0.29, 0.717) is 0 Å². The summed E-state index contributed by atoms with van der Waals surface area (Å²) < 4.78 is -0.369. The van der Waals surface area contributed by atoms with Crippen LogP contribution in [0, 0.1) is 0 Å². The highest BCUT2D eigenvalue weighted by atomic mass is 127. The molecule has 0 aromatic heterocycles. The Morgan fingerprint density at radius 2 is 1.10 bits per heavy atom. The van der Waals surface area contributed by atoms with E-state index in [1.54, 1.807) is 48.5 Å². The summed E-state index contributed by atoms with van der Waals surface area (Å²) in [4.78, 5) is 21.8. The van der Waals surface area contributed by atoms with Gasteiger partial charge in [-0.05, 0) is 42.3 Å². The predicted molar refractivity (Wildman–Crippen MR) is 87.3 cm³/mol. The second-order valence-electron chi connectivity index (χ2n) is 4.77. The minimum absolute atomic E-state index is 0.243. The molecule has 2 aromatic carbocycles. The van der Waals surface area contributed by atoms with Crippen molar-refractivity contribution in [3.8, 4) is 0 Å². The number of carbonyl (C=O) groups is 2. The Balaban J connectivity index is 2.36. The Labute approximate surface area is 135 Å². The summed E-state index contributed by atoms with van der Waals surface area (Å²) in [6.07, 6.45) is 0. The predicted octanol–water partition coefficient (Wildman–Crippen LogP) is 3.78. The third-order valence-electron chi connectivity index (χ3n) is 3.35. The van der Waals surface area contributed by atoms with Crippen molar-refractivity contribution in [1.82, 2.24) is 0 Å². The Kier molecular flexibility index (Phi) is 4.32. The van der Waals surface area contributed by atoms with E-state index < -0.39 is 11.9 Å². The van der Waals surface area contributed by atoms with Crippen LogP contribution in [0.2, 0.25) is 0 Å². The highest BCUT2D eigenvalue weighted by Gasteiger charge is 2.25. The maximum absolute atomic E-state index is 10.9. The largest absolute Gasteiger partial charge is 0.478 e. The molecule has 0 saturated carbocycles. The summed E-state index contributed by atoms with van der Waals surface area (Å²) in [7, 11) is 0. The molecule has 0 saturated heterocycles. The summed E-state index contributed by atoms with van der Waals surface area (Å²) in [6, 6.07) is 13.4. The van der Waals surface area contributed by atoms with Crippen LogP contribution in [0.1, 0.15) is 38.8 Å². The highest BCUT2D eigenvalue weighted by Crippen LogP contribution is 2.38. The van der Waals surface area contributed by atoms with Crippen LogP contribution in [-0.2, 0) is 3.42 Å². The first-order chi connectivity index (χ1) is 9.82. The molecule has 0 bridgehead atoms. The van der Waals surface area contributed by atoms with Gasteiger partial charge >= 0.3 is 11.9 Å². The third kappa shape index (κ3) is 3.24. The van der Waals surface area contributed by atoms with Gasteiger partial charge in [0.2, 0.25) is 0 Å². The molecule has 2 rings (SSSR count). The Hall–Kier alpha value is -1.89. The lowest BCUT2D eigenvalue weighted by Gasteiger charge is -2.24. The minimum atomic E-state index is -0.956. The van der Waals surface area contributed by atoms with E-state index in [1.165, 1.54) is 0 Å². The lowest BCUT2D eigenvalue weighted by Crippen LogP contribution is -2.15. The van der Waals surface area contributed by atoms with Crippen molar-refractivity contribution in [2.75, 3.05) is 0 Å². The molecule has 0 amide bonds. The van der Waals surface area contributed by atoms with Gasteiger partial charge in [0.05, 0.1) is 14.5 Å². The fraction of sp³-hybridized carbons (Fsp3) is 0.125. The molecule has 108 valence electrons. The molecule has 0 atom stereocenters. The molecule has 0 aliphatic carbocycles.